The lowest BCUT2D eigenvalue weighted by Crippen LogP contribution is -2.29. The Kier molecular flexibility index (Phi) is 9.74. The van der Waals surface area contributed by atoms with Crippen molar-refractivity contribution in [3.05, 3.63) is 47.9 Å². The number of nitrogens with one attached hydrogen (secondary N) is 2. The van der Waals surface area contributed by atoms with Crippen LogP contribution >= 0.6 is 24.0 Å². The predicted octanol–water partition coefficient (Wildman–Crippen LogP) is 2.65. The molecule has 0 aliphatic carbocycles. The molecule has 0 saturated carbocycles. The third-order valence-corrected chi connectivity index (χ3v) is 5.23. The number of hydrogen-bond donors (Lipinski definition) is 3. The lowest BCUT2D eigenvalue weighted by Gasteiger charge is -2.11. The molecule has 2 aromatic rings. The Morgan fingerprint density at radius 3 is 2.59 bits per heavy atom. The summed E-state index contributed by atoms with van der Waals surface area (Å²) in [5, 5.41) is 6.56. The van der Waals surface area contributed by atoms with E-state index in [2.05, 4.69) is 50.7 Å². The molecule has 10 heteroatoms. The Morgan fingerprint density at radius 1 is 1.30 bits per heavy atom. The number of nitrogens with two attached hydrogens (primary N) is 1. The first-order chi connectivity index (χ1) is 12.4. The molecule has 1 aromatic carbocycles. The highest BCUT2D eigenvalue weighted by atomic mass is 127. The molecule has 27 heavy (non-hydrogen) atoms. The van der Waals surface area contributed by atoms with Crippen LogP contribution in [0.25, 0.3) is 0 Å². The van der Waals surface area contributed by atoms with Gasteiger partial charge in [-0.25, -0.2) is 13.1 Å². The number of benzene rings is 1. The van der Waals surface area contributed by atoms with E-state index in [0.29, 0.717) is 11.6 Å². The molecule has 8 nitrogen and oxygen atoms in total. The first kappa shape index (κ1) is 23.4. The molecule has 2 rings (SSSR count). The Hall–Kier alpha value is -1.66. The van der Waals surface area contributed by atoms with E-state index in [1.807, 2.05) is 12.1 Å². The van der Waals surface area contributed by atoms with E-state index in [0.717, 1.165) is 12.1 Å². The van der Waals surface area contributed by atoms with Crippen LogP contribution in [0.4, 0.5) is 5.69 Å². The van der Waals surface area contributed by atoms with Crippen molar-refractivity contribution < 1.29 is 12.9 Å². The fourth-order valence-electron chi connectivity index (χ4n) is 2.25. The summed E-state index contributed by atoms with van der Waals surface area (Å²) in [6.07, 6.45) is 2.42. The van der Waals surface area contributed by atoms with Gasteiger partial charge in [-0.3, -0.25) is 4.99 Å². The van der Waals surface area contributed by atoms with Gasteiger partial charge in [-0.15, -0.1) is 24.0 Å². The normalized spacial score (nSPS) is 13.0. The van der Waals surface area contributed by atoms with Crippen molar-refractivity contribution in [2.24, 2.45) is 10.7 Å². The number of halogens is 1. The smallest absolute Gasteiger partial charge is 0.217 e. The standard InChI is InChI=1S/C17H25N5O3S.HI/c1-3-13(2)14-4-6-15(7-5-14)21-17(18)19-9-10-20-26(23,24)12-16-8-11-25-22-16;/h4-8,11,13,20H,3,9-10,12H2,1-2H3,(H3,18,19,21);1H. The van der Waals surface area contributed by atoms with Crippen molar-refractivity contribution >= 4 is 45.6 Å². The van der Waals surface area contributed by atoms with E-state index in [1.54, 1.807) is 0 Å². The minimum Gasteiger partial charge on any atom is -0.370 e. The van der Waals surface area contributed by atoms with Gasteiger partial charge in [0.1, 0.15) is 12.0 Å². The number of aliphatic imine (C=N–C) groups is 1. The molecule has 1 unspecified atom stereocenters. The number of hydrogen-bond acceptors (Lipinski definition) is 5. The molecule has 0 fully saturated rings. The van der Waals surface area contributed by atoms with Crippen LogP contribution in [0.2, 0.25) is 0 Å². The third-order valence-electron chi connectivity index (χ3n) is 3.91. The summed E-state index contributed by atoms with van der Waals surface area (Å²) in [6.45, 7) is 4.71. The summed E-state index contributed by atoms with van der Waals surface area (Å²) in [6, 6.07) is 9.52. The zero-order valence-corrected chi connectivity index (χ0v) is 18.5. The van der Waals surface area contributed by atoms with Crippen molar-refractivity contribution in [2.75, 3.05) is 18.4 Å². The first-order valence-electron chi connectivity index (χ1n) is 8.43. The van der Waals surface area contributed by atoms with Gasteiger partial charge in [0.2, 0.25) is 10.0 Å². The molecule has 0 radical (unpaired) electrons. The fraction of sp³-hybridized carbons (Fsp3) is 0.412. The maximum Gasteiger partial charge on any atom is 0.217 e. The van der Waals surface area contributed by atoms with Crippen LogP contribution in [-0.2, 0) is 15.8 Å². The van der Waals surface area contributed by atoms with E-state index in [9.17, 15) is 8.42 Å². The van der Waals surface area contributed by atoms with Crippen molar-refractivity contribution in [3.8, 4) is 0 Å². The summed E-state index contributed by atoms with van der Waals surface area (Å²) in [5.74, 6) is 0.515. The van der Waals surface area contributed by atoms with Crippen molar-refractivity contribution in [2.45, 2.75) is 31.9 Å². The Morgan fingerprint density at radius 2 is 2.00 bits per heavy atom. The first-order valence-corrected chi connectivity index (χ1v) is 10.1. The largest absolute Gasteiger partial charge is 0.370 e. The summed E-state index contributed by atoms with van der Waals surface area (Å²) in [4.78, 5) is 4.12. The average molecular weight is 507 g/mol. The van der Waals surface area contributed by atoms with E-state index >= 15 is 0 Å². The molecule has 0 spiro atoms. The van der Waals surface area contributed by atoms with Gasteiger partial charge in [0.05, 0.1) is 12.2 Å². The molecule has 1 heterocycles. The SMILES string of the molecule is CCC(C)c1ccc(NC(N)=NCCNS(=O)(=O)Cc2ccon2)cc1.I. The second-order valence-corrected chi connectivity index (χ2v) is 7.77. The number of nitrogens with zero attached hydrogens (tertiary/aromatic N) is 2. The van der Waals surface area contributed by atoms with E-state index < -0.39 is 10.0 Å². The number of rotatable bonds is 9. The van der Waals surface area contributed by atoms with Crippen LogP contribution in [0, 0.1) is 0 Å². The average Bonchev–Trinajstić information content (AvgIpc) is 3.11. The molecule has 0 amide bonds. The van der Waals surface area contributed by atoms with Crippen molar-refractivity contribution in [1.29, 1.82) is 0 Å². The number of aromatic nitrogens is 1. The molecule has 4 N–H and O–H groups in total. The summed E-state index contributed by atoms with van der Waals surface area (Å²) < 4.78 is 30.8. The van der Waals surface area contributed by atoms with Crippen LogP contribution in [0.5, 0.6) is 0 Å². The van der Waals surface area contributed by atoms with Gasteiger partial charge < -0.3 is 15.6 Å². The molecule has 0 aliphatic rings. The number of guanidine groups is 1. The van der Waals surface area contributed by atoms with Crippen molar-refractivity contribution in [1.82, 2.24) is 9.88 Å². The quantitative estimate of drug-likeness (QED) is 0.208. The highest BCUT2D eigenvalue weighted by Gasteiger charge is 2.12. The van der Waals surface area contributed by atoms with Gasteiger partial charge in [-0.1, -0.05) is 31.1 Å². The topological polar surface area (TPSA) is 123 Å². The molecule has 150 valence electrons. The third kappa shape index (κ3) is 8.26. The number of sulfonamides is 1. The zero-order valence-electron chi connectivity index (χ0n) is 15.4. The highest BCUT2D eigenvalue weighted by molar-refractivity contribution is 14.0. The molecule has 0 bridgehead atoms. The maximum atomic E-state index is 11.9. The van der Waals surface area contributed by atoms with E-state index in [1.165, 1.54) is 17.9 Å². The minimum absolute atomic E-state index is 0. The van der Waals surface area contributed by atoms with Gasteiger partial charge in [0, 0.05) is 18.3 Å². The van der Waals surface area contributed by atoms with Crippen LogP contribution in [0.1, 0.15) is 37.4 Å². The number of anilines is 1. The summed E-state index contributed by atoms with van der Waals surface area (Å²) >= 11 is 0. The molecule has 1 aromatic heterocycles. The molecular weight excluding hydrogens is 481 g/mol. The van der Waals surface area contributed by atoms with E-state index in [-0.39, 0.29) is 48.8 Å². The monoisotopic (exact) mass is 507 g/mol. The molecule has 0 aliphatic heterocycles. The Labute approximate surface area is 177 Å². The van der Waals surface area contributed by atoms with Crippen molar-refractivity contribution in [3.63, 3.8) is 0 Å². The van der Waals surface area contributed by atoms with Crippen LogP contribution in [0.15, 0.2) is 46.1 Å². The lowest BCUT2D eigenvalue weighted by molar-refractivity contribution is 0.413. The lowest BCUT2D eigenvalue weighted by atomic mass is 9.99. The van der Waals surface area contributed by atoms with Gasteiger partial charge in [-0.2, -0.15) is 0 Å². The van der Waals surface area contributed by atoms with Gasteiger partial charge >= 0.3 is 0 Å². The Balaban J connectivity index is 0.00000364. The second-order valence-electron chi connectivity index (χ2n) is 5.97. The van der Waals surface area contributed by atoms with Gasteiger partial charge in [-0.05, 0) is 30.0 Å². The molecule has 0 saturated heterocycles. The van der Waals surface area contributed by atoms with Gasteiger partial charge in [0.15, 0.2) is 5.96 Å². The van der Waals surface area contributed by atoms with Crippen LogP contribution in [-0.4, -0.2) is 32.6 Å². The molecular formula is C17H26IN5O3S. The van der Waals surface area contributed by atoms with Crippen LogP contribution < -0.4 is 15.8 Å². The Bertz CT molecular complexity index is 808. The second kappa shape index (κ2) is 11.2. The summed E-state index contributed by atoms with van der Waals surface area (Å²) in [7, 11) is -3.48. The van der Waals surface area contributed by atoms with Gasteiger partial charge in [0.25, 0.3) is 0 Å². The predicted molar refractivity (Wildman–Crippen MR) is 118 cm³/mol. The molecule has 1 atom stereocenters. The minimum atomic E-state index is -3.48. The maximum absolute atomic E-state index is 11.9. The highest BCUT2D eigenvalue weighted by Crippen LogP contribution is 2.20. The van der Waals surface area contributed by atoms with E-state index in [4.69, 9.17) is 5.73 Å². The fourth-order valence-corrected chi connectivity index (χ4v) is 3.30. The zero-order chi connectivity index (χ0) is 19.0. The summed E-state index contributed by atoms with van der Waals surface area (Å²) in [5.41, 5.74) is 8.29. The van der Waals surface area contributed by atoms with Crippen LogP contribution in [0.3, 0.4) is 0 Å².